The number of nitrogens with two attached hydrogens (primary N) is 1. The number of nitrogens with zero attached hydrogens (tertiary/aromatic N) is 8. The molecule has 10 nitrogen and oxygen atoms in total. The zero-order chi connectivity index (χ0) is 22.8. The highest BCUT2D eigenvalue weighted by atomic mass is 32.2. The van der Waals surface area contributed by atoms with E-state index in [1.54, 1.807) is 24.7 Å². The lowest BCUT2D eigenvalue weighted by Gasteiger charge is -2.34. The third-order valence-corrected chi connectivity index (χ3v) is 7.61. The monoisotopic (exact) mass is 481 g/mol. The van der Waals surface area contributed by atoms with Crippen LogP contribution in [-0.2, 0) is 11.3 Å². The van der Waals surface area contributed by atoms with Crippen molar-refractivity contribution in [1.82, 2.24) is 34.6 Å². The van der Waals surface area contributed by atoms with Gasteiger partial charge in [-0.05, 0) is 25.1 Å². The van der Waals surface area contributed by atoms with Crippen LogP contribution < -0.4 is 10.6 Å². The van der Waals surface area contributed by atoms with Crippen molar-refractivity contribution in [2.45, 2.75) is 18.6 Å². The Morgan fingerprint density at radius 2 is 1.85 bits per heavy atom. The van der Waals surface area contributed by atoms with Crippen LogP contribution in [0.2, 0.25) is 0 Å². The van der Waals surface area contributed by atoms with E-state index in [4.69, 9.17) is 5.73 Å². The first kappa shape index (κ1) is 21.6. The molecule has 4 aromatic rings. The van der Waals surface area contributed by atoms with Gasteiger partial charge < -0.3 is 20.1 Å². The molecule has 0 bridgehead atoms. The molecule has 1 saturated heterocycles. The third kappa shape index (κ3) is 4.23. The van der Waals surface area contributed by atoms with Crippen LogP contribution in [0.15, 0.2) is 41.9 Å². The number of hydrogen-bond donors (Lipinski definition) is 1. The molecule has 1 aliphatic heterocycles. The highest BCUT2D eigenvalue weighted by molar-refractivity contribution is 7.99. The Morgan fingerprint density at radius 3 is 2.58 bits per heavy atom. The summed E-state index contributed by atoms with van der Waals surface area (Å²) in [5.41, 5.74) is 7.05. The minimum atomic E-state index is 0.0893. The van der Waals surface area contributed by atoms with Crippen molar-refractivity contribution < 1.29 is 4.79 Å². The van der Waals surface area contributed by atoms with Crippen molar-refractivity contribution in [2.24, 2.45) is 0 Å². The molecule has 12 heteroatoms. The van der Waals surface area contributed by atoms with Gasteiger partial charge in [-0.25, -0.2) is 15.0 Å². The number of aromatic nitrogens is 6. The second-order valence-electron chi connectivity index (χ2n) is 7.46. The molecule has 0 atom stereocenters. The average molecular weight is 482 g/mol. The summed E-state index contributed by atoms with van der Waals surface area (Å²) in [5.74, 6) is 1.82. The number of carbonyl (C=O) groups is 1. The smallest absolute Gasteiger partial charge is 0.233 e. The standard InChI is InChI=1S/C21H23N9OS2/c1-2-30-18(17-16(22)14-5-3-6-23-19(14)33-17)26-27-21(30)32-13-15(31)28-9-11-29(12-10-28)20-24-7-4-8-25-20/h3-8H,2,9-13,22H2,1H3. The largest absolute Gasteiger partial charge is 0.397 e. The molecule has 1 amide bonds. The summed E-state index contributed by atoms with van der Waals surface area (Å²) in [7, 11) is 0. The Hall–Kier alpha value is -3.25. The number of thiophene rings is 1. The Balaban J connectivity index is 1.25. The molecule has 1 fully saturated rings. The van der Waals surface area contributed by atoms with Gasteiger partial charge in [0.15, 0.2) is 11.0 Å². The third-order valence-electron chi connectivity index (χ3n) is 5.53. The number of nitrogen functional groups attached to an aromatic ring is 1. The predicted octanol–water partition coefficient (Wildman–Crippen LogP) is 2.39. The van der Waals surface area contributed by atoms with E-state index in [0.717, 1.165) is 28.2 Å². The second kappa shape index (κ2) is 9.32. The molecule has 0 aliphatic carbocycles. The molecule has 2 N–H and O–H groups in total. The normalized spacial score (nSPS) is 14.2. The molecule has 0 aromatic carbocycles. The topological polar surface area (TPSA) is 119 Å². The molecule has 170 valence electrons. The van der Waals surface area contributed by atoms with Gasteiger partial charge in [0.1, 0.15) is 4.83 Å². The average Bonchev–Trinajstić information content (AvgIpc) is 3.43. The van der Waals surface area contributed by atoms with Gasteiger partial charge in [0.05, 0.1) is 16.3 Å². The zero-order valence-electron chi connectivity index (χ0n) is 18.1. The van der Waals surface area contributed by atoms with Crippen molar-refractivity contribution in [3.8, 4) is 10.7 Å². The summed E-state index contributed by atoms with van der Waals surface area (Å²) in [4.78, 5) is 31.5. The maximum absolute atomic E-state index is 12.8. The number of thioether (sulfide) groups is 1. The summed E-state index contributed by atoms with van der Waals surface area (Å²) < 4.78 is 2.00. The van der Waals surface area contributed by atoms with E-state index in [1.807, 2.05) is 28.5 Å². The van der Waals surface area contributed by atoms with E-state index < -0.39 is 0 Å². The molecule has 5 heterocycles. The number of rotatable bonds is 6. The van der Waals surface area contributed by atoms with Crippen LogP contribution in [0.4, 0.5) is 11.6 Å². The van der Waals surface area contributed by atoms with Crippen LogP contribution in [0.3, 0.4) is 0 Å². The number of piperazine rings is 1. The van der Waals surface area contributed by atoms with Crippen molar-refractivity contribution >= 4 is 50.9 Å². The Morgan fingerprint density at radius 1 is 1.09 bits per heavy atom. The van der Waals surface area contributed by atoms with Crippen LogP contribution in [0.1, 0.15) is 6.92 Å². The lowest BCUT2D eigenvalue weighted by atomic mass is 10.2. The van der Waals surface area contributed by atoms with Crippen LogP contribution in [0.25, 0.3) is 20.9 Å². The highest BCUT2D eigenvalue weighted by Gasteiger charge is 2.24. The quantitative estimate of drug-likeness (QED) is 0.414. The Kier molecular flexibility index (Phi) is 6.09. The van der Waals surface area contributed by atoms with Crippen LogP contribution in [0.5, 0.6) is 0 Å². The summed E-state index contributed by atoms with van der Waals surface area (Å²) in [6.07, 6.45) is 5.22. The molecule has 0 spiro atoms. The molecular weight excluding hydrogens is 458 g/mol. The van der Waals surface area contributed by atoms with Gasteiger partial charge in [0, 0.05) is 56.7 Å². The SMILES string of the molecule is CCn1c(SCC(=O)N2CCN(c3ncccn3)CC2)nnc1-c1sc2ncccc2c1N. The minimum Gasteiger partial charge on any atom is -0.397 e. The van der Waals surface area contributed by atoms with E-state index in [0.29, 0.717) is 48.0 Å². The molecular formula is C21H23N9OS2. The summed E-state index contributed by atoms with van der Waals surface area (Å²) in [5, 5.41) is 10.4. The summed E-state index contributed by atoms with van der Waals surface area (Å²) >= 11 is 2.91. The fourth-order valence-electron chi connectivity index (χ4n) is 3.79. The van der Waals surface area contributed by atoms with Crippen molar-refractivity contribution in [3.63, 3.8) is 0 Å². The number of fused-ring (bicyclic) bond motifs is 1. The van der Waals surface area contributed by atoms with Crippen LogP contribution >= 0.6 is 23.1 Å². The van der Waals surface area contributed by atoms with Crippen LogP contribution in [-0.4, -0.2) is 72.5 Å². The molecule has 0 unspecified atom stereocenters. The van der Waals surface area contributed by atoms with Crippen molar-refractivity contribution in [2.75, 3.05) is 42.6 Å². The number of amides is 1. The van der Waals surface area contributed by atoms with Gasteiger partial charge in [-0.3, -0.25) is 4.79 Å². The fourth-order valence-corrected chi connectivity index (χ4v) is 5.76. The molecule has 1 aliphatic rings. The van der Waals surface area contributed by atoms with E-state index in [1.165, 1.54) is 23.1 Å². The van der Waals surface area contributed by atoms with Gasteiger partial charge in [-0.1, -0.05) is 11.8 Å². The maximum Gasteiger partial charge on any atom is 0.233 e. The molecule has 0 radical (unpaired) electrons. The first-order valence-electron chi connectivity index (χ1n) is 10.6. The second-order valence-corrected chi connectivity index (χ2v) is 9.40. The van der Waals surface area contributed by atoms with E-state index in [2.05, 4.69) is 30.0 Å². The van der Waals surface area contributed by atoms with Gasteiger partial charge in [-0.2, -0.15) is 0 Å². The van der Waals surface area contributed by atoms with Gasteiger partial charge >= 0.3 is 0 Å². The summed E-state index contributed by atoms with van der Waals surface area (Å²) in [6, 6.07) is 5.63. The molecule has 0 saturated carbocycles. The van der Waals surface area contributed by atoms with Crippen LogP contribution in [0, 0.1) is 0 Å². The molecule has 33 heavy (non-hydrogen) atoms. The number of anilines is 2. The first-order valence-corrected chi connectivity index (χ1v) is 12.4. The maximum atomic E-state index is 12.8. The number of hydrogen-bond acceptors (Lipinski definition) is 10. The molecule has 5 rings (SSSR count). The van der Waals surface area contributed by atoms with Crippen molar-refractivity contribution in [1.29, 1.82) is 0 Å². The van der Waals surface area contributed by atoms with E-state index in [-0.39, 0.29) is 5.91 Å². The van der Waals surface area contributed by atoms with Gasteiger partial charge in [-0.15, -0.1) is 21.5 Å². The Labute approximate surface area is 198 Å². The lowest BCUT2D eigenvalue weighted by Crippen LogP contribution is -2.49. The van der Waals surface area contributed by atoms with Gasteiger partial charge in [0.2, 0.25) is 11.9 Å². The fraction of sp³-hybridized carbons (Fsp3) is 0.333. The van der Waals surface area contributed by atoms with E-state index >= 15 is 0 Å². The first-order chi connectivity index (χ1) is 16.2. The molecule has 4 aromatic heterocycles. The Bertz CT molecular complexity index is 1270. The number of pyridine rings is 1. The van der Waals surface area contributed by atoms with Gasteiger partial charge in [0.25, 0.3) is 0 Å². The lowest BCUT2D eigenvalue weighted by molar-refractivity contribution is -0.128. The van der Waals surface area contributed by atoms with Crippen molar-refractivity contribution in [3.05, 3.63) is 36.8 Å². The highest BCUT2D eigenvalue weighted by Crippen LogP contribution is 2.39. The zero-order valence-corrected chi connectivity index (χ0v) is 19.7. The predicted molar refractivity (Wildman–Crippen MR) is 130 cm³/mol. The minimum absolute atomic E-state index is 0.0893. The summed E-state index contributed by atoms with van der Waals surface area (Å²) in [6.45, 7) is 5.44. The van der Waals surface area contributed by atoms with E-state index in [9.17, 15) is 4.79 Å². The number of carbonyl (C=O) groups excluding carboxylic acids is 1.